The number of halogens is 1. The van der Waals surface area contributed by atoms with Crippen LogP contribution in [0.2, 0.25) is 0 Å². The maximum absolute atomic E-state index is 13.5. The third kappa shape index (κ3) is 5.90. The van der Waals surface area contributed by atoms with E-state index in [0.717, 1.165) is 31.9 Å². The van der Waals surface area contributed by atoms with Gasteiger partial charge in [-0.05, 0) is 35.9 Å². The van der Waals surface area contributed by atoms with Crippen molar-refractivity contribution in [3.8, 4) is 22.0 Å². The molecule has 0 unspecified atom stereocenters. The number of hydrogen-bond donors (Lipinski definition) is 2. The Morgan fingerprint density at radius 2 is 1.59 bits per heavy atom. The summed E-state index contributed by atoms with van der Waals surface area (Å²) in [5.41, 5.74) is 4.46. The number of carbonyl (C=O) groups is 1. The summed E-state index contributed by atoms with van der Waals surface area (Å²) in [7, 11) is 0. The molecule has 1 amide bonds. The summed E-state index contributed by atoms with van der Waals surface area (Å²) in [5.74, 6) is 0.669. The average Bonchev–Trinajstić information content (AvgIpc) is 3.41. The SMILES string of the molecule is Cl.O=C(Nc1ccccc1-c1nc2ccncc2s1)c1cc(NCc2ccncc2)nc(-c2ccccc2)n1. The number of hydrogen-bond acceptors (Lipinski definition) is 8. The van der Waals surface area contributed by atoms with Gasteiger partial charge < -0.3 is 10.6 Å². The molecule has 4 heterocycles. The van der Waals surface area contributed by atoms with E-state index in [2.05, 4.69) is 30.6 Å². The highest BCUT2D eigenvalue weighted by Crippen LogP contribution is 2.34. The highest BCUT2D eigenvalue weighted by Gasteiger charge is 2.17. The minimum absolute atomic E-state index is 0. The zero-order valence-electron chi connectivity index (χ0n) is 20.5. The van der Waals surface area contributed by atoms with Crippen LogP contribution in [0, 0.1) is 0 Å². The number of nitrogens with one attached hydrogen (secondary N) is 2. The maximum Gasteiger partial charge on any atom is 0.274 e. The highest BCUT2D eigenvalue weighted by molar-refractivity contribution is 7.21. The molecule has 0 aliphatic carbocycles. The number of thiazole rings is 1. The summed E-state index contributed by atoms with van der Waals surface area (Å²) >= 11 is 1.53. The molecular weight excluding hydrogens is 530 g/mol. The van der Waals surface area contributed by atoms with E-state index in [0.29, 0.717) is 23.9 Å². The summed E-state index contributed by atoms with van der Waals surface area (Å²) in [6.45, 7) is 0.532. The van der Waals surface area contributed by atoms with E-state index in [-0.39, 0.29) is 24.0 Å². The topological polar surface area (TPSA) is 106 Å². The number of carbonyl (C=O) groups excluding carboxylic acids is 1. The van der Waals surface area contributed by atoms with Crippen molar-refractivity contribution in [2.45, 2.75) is 6.54 Å². The fraction of sp³-hybridized carbons (Fsp3) is 0.0345. The van der Waals surface area contributed by atoms with Gasteiger partial charge in [-0.3, -0.25) is 14.8 Å². The Morgan fingerprint density at radius 1 is 0.821 bits per heavy atom. The zero-order chi connectivity index (χ0) is 25.7. The summed E-state index contributed by atoms with van der Waals surface area (Å²) in [4.78, 5) is 35.8. The van der Waals surface area contributed by atoms with Crippen LogP contribution in [0.5, 0.6) is 0 Å². The first-order chi connectivity index (χ1) is 18.7. The van der Waals surface area contributed by atoms with Crippen LogP contribution in [0.3, 0.4) is 0 Å². The number of fused-ring (bicyclic) bond motifs is 1. The van der Waals surface area contributed by atoms with E-state index >= 15 is 0 Å². The molecular formula is C29H22ClN7OS. The van der Waals surface area contributed by atoms with Crippen molar-refractivity contribution in [2.24, 2.45) is 0 Å². The molecule has 0 aliphatic rings. The van der Waals surface area contributed by atoms with Gasteiger partial charge in [0.1, 0.15) is 16.5 Å². The Bertz CT molecular complexity index is 1700. The monoisotopic (exact) mass is 551 g/mol. The standard InChI is InChI=1S/C29H21N7OS.ClH/c37-28(34-22-9-5-4-8-21(22)29-35-23-12-15-31-18-25(23)38-29)24-16-26(32-17-19-10-13-30-14-11-19)36-27(33-24)20-6-2-1-3-7-20;/h1-16,18H,17H2,(H,34,37)(H,32,33,36);1H. The van der Waals surface area contributed by atoms with Gasteiger partial charge >= 0.3 is 0 Å². The number of pyridine rings is 2. The predicted molar refractivity (Wildman–Crippen MR) is 157 cm³/mol. The minimum atomic E-state index is -0.341. The van der Waals surface area contributed by atoms with Crippen molar-refractivity contribution in [3.05, 3.63) is 115 Å². The van der Waals surface area contributed by atoms with Crippen LogP contribution in [0.25, 0.3) is 32.2 Å². The van der Waals surface area contributed by atoms with E-state index in [1.807, 2.05) is 72.8 Å². The van der Waals surface area contributed by atoms with Crippen molar-refractivity contribution in [2.75, 3.05) is 10.6 Å². The Morgan fingerprint density at radius 3 is 2.41 bits per heavy atom. The Balaban J connectivity index is 0.00000308. The molecule has 0 atom stereocenters. The number of amides is 1. The Labute approximate surface area is 234 Å². The normalized spacial score (nSPS) is 10.6. The third-order valence-corrected chi connectivity index (χ3v) is 6.85. The number of benzene rings is 2. The molecule has 6 rings (SSSR count). The lowest BCUT2D eigenvalue weighted by atomic mass is 10.1. The van der Waals surface area contributed by atoms with Crippen LogP contribution in [0.15, 0.2) is 104 Å². The van der Waals surface area contributed by atoms with Gasteiger partial charge in [-0.1, -0.05) is 42.5 Å². The molecule has 6 aromatic rings. The van der Waals surface area contributed by atoms with Gasteiger partial charge in [-0.2, -0.15) is 0 Å². The molecule has 0 radical (unpaired) electrons. The fourth-order valence-electron chi connectivity index (χ4n) is 3.92. The van der Waals surface area contributed by atoms with Gasteiger partial charge in [0, 0.05) is 48.5 Å². The summed E-state index contributed by atoms with van der Waals surface area (Å²) in [5, 5.41) is 7.15. The van der Waals surface area contributed by atoms with Crippen LogP contribution < -0.4 is 10.6 Å². The van der Waals surface area contributed by atoms with Gasteiger partial charge in [-0.25, -0.2) is 15.0 Å². The van der Waals surface area contributed by atoms with Gasteiger partial charge in [0.05, 0.1) is 15.9 Å². The van der Waals surface area contributed by atoms with E-state index in [1.165, 1.54) is 11.3 Å². The number of rotatable bonds is 7. The molecule has 0 spiro atoms. The van der Waals surface area contributed by atoms with Crippen molar-refractivity contribution in [1.82, 2.24) is 24.9 Å². The lowest BCUT2D eigenvalue weighted by Crippen LogP contribution is -2.16. The molecule has 2 aromatic carbocycles. The van der Waals surface area contributed by atoms with Crippen molar-refractivity contribution < 1.29 is 4.79 Å². The Hall–Kier alpha value is -4.73. The first-order valence-corrected chi connectivity index (χ1v) is 12.7. The van der Waals surface area contributed by atoms with Crippen LogP contribution >= 0.6 is 23.7 Å². The minimum Gasteiger partial charge on any atom is -0.366 e. The number of aromatic nitrogens is 5. The second-order valence-corrected chi connectivity index (χ2v) is 9.43. The first kappa shape index (κ1) is 25.9. The average molecular weight is 552 g/mol. The predicted octanol–water partition coefficient (Wildman–Crippen LogP) is 6.50. The maximum atomic E-state index is 13.5. The second kappa shape index (κ2) is 11.8. The summed E-state index contributed by atoms with van der Waals surface area (Å²) in [6, 6.07) is 24.6. The van der Waals surface area contributed by atoms with E-state index < -0.39 is 0 Å². The van der Waals surface area contributed by atoms with Crippen LogP contribution in [-0.4, -0.2) is 30.8 Å². The summed E-state index contributed by atoms with van der Waals surface area (Å²) < 4.78 is 0.983. The fourth-order valence-corrected chi connectivity index (χ4v) is 4.90. The number of nitrogens with zero attached hydrogens (tertiary/aromatic N) is 5. The van der Waals surface area contributed by atoms with Crippen LogP contribution in [-0.2, 0) is 6.54 Å². The lowest BCUT2D eigenvalue weighted by Gasteiger charge is -2.12. The molecule has 0 saturated carbocycles. The largest absolute Gasteiger partial charge is 0.366 e. The van der Waals surface area contributed by atoms with Crippen molar-refractivity contribution in [1.29, 1.82) is 0 Å². The van der Waals surface area contributed by atoms with Crippen LogP contribution in [0.4, 0.5) is 11.5 Å². The van der Waals surface area contributed by atoms with E-state index in [1.54, 1.807) is 30.9 Å². The molecule has 0 saturated heterocycles. The van der Waals surface area contributed by atoms with Gasteiger partial charge in [0.15, 0.2) is 5.82 Å². The number of anilines is 2. The Kier molecular flexibility index (Phi) is 7.81. The molecule has 2 N–H and O–H groups in total. The molecule has 39 heavy (non-hydrogen) atoms. The molecule has 4 aromatic heterocycles. The molecule has 0 fully saturated rings. The van der Waals surface area contributed by atoms with E-state index in [4.69, 9.17) is 4.98 Å². The van der Waals surface area contributed by atoms with Gasteiger partial charge in [-0.15, -0.1) is 23.7 Å². The first-order valence-electron chi connectivity index (χ1n) is 11.9. The lowest BCUT2D eigenvalue weighted by molar-refractivity contribution is 0.102. The quantitative estimate of drug-likeness (QED) is 0.233. The van der Waals surface area contributed by atoms with Crippen molar-refractivity contribution in [3.63, 3.8) is 0 Å². The third-order valence-electron chi connectivity index (χ3n) is 5.81. The smallest absolute Gasteiger partial charge is 0.274 e. The van der Waals surface area contributed by atoms with E-state index in [9.17, 15) is 4.79 Å². The molecule has 0 aliphatic heterocycles. The highest BCUT2D eigenvalue weighted by atomic mass is 35.5. The zero-order valence-corrected chi connectivity index (χ0v) is 22.1. The van der Waals surface area contributed by atoms with Gasteiger partial charge in [0.25, 0.3) is 5.91 Å². The molecule has 8 nitrogen and oxygen atoms in total. The second-order valence-electron chi connectivity index (χ2n) is 8.40. The molecule has 10 heteroatoms. The van der Waals surface area contributed by atoms with Crippen LogP contribution in [0.1, 0.15) is 16.1 Å². The molecule has 0 bridgehead atoms. The van der Waals surface area contributed by atoms with Gasteiger partial charge in [0.2, 0.25) is 0 Å². The summed E-state index contributed by atoms with van der Waals surface area (Å²) in [6.07, 6.45) is 7.00. The van der Waals surface area contributed by atoms with Crippen molar-refractivity contribution >= 4 is 51.4 Å². The number of para-hydroxylation sites is 1. The molecule has 192 valence electrons.